The summed E-state index contributed by atoms with van der Waals surface area (Å²) in [6.07, 6.45) is 0.0936. The van der Waals surface area contributed by atoms with Gasteiger partial charge in [0.1, 0.15) is 0 Å². The second kappa shape index (κ2) is 6.55. The van der Waals surface area contributed by atoms with Crippen LogP contribution in [0.3, 0.4) is 0 Å². The molecule has 0 heterocycles. The van der Waals surface area contributed by atoms with Crippen molar-refractivity contribution in [3.8, 4) is 0 Å². The van der Waals surface area contributed by atoms with Crippen molar-refractivity contribution in [2.75, 3.05) is 20.7 Å². The molecule has 0 atom stereocenters. The predicted molar refractivity (Wildman–Crippen MR) is 78.3 cm³/mol. The molecule has 0 radical (unpaired) electrons. The predicted octanol–water partition coefficient (Wildman–Crippen LogP) is 0.793. The van der Waals surface area contributed by atoms with E-state index in [2.05, 4.69) is 4.74 Å². The molecular weight excluding hydrogens is 294 g/mol. The molecule has 0 unspecified atom stereocenters. The number of benzene rings is 1. The van der Waals surface area contributed by atoms with E-state index >= 15 is 0 Å². The van der Waals surface area contributed by atoms with E-state index in [9.17, 15) is 18.3 Å². The van der Waals surface area contributed by atoms with Gasteiger partial charge in [0.2, 0.25) is 10.0 Å². The van der Waals surface area contributed by atoms with Gasteiger partial charge in [-0.05, 0) is 31.5 Å². The molecule has 0 aliphatic carbocycles. The first-order valence-electron chi connectivity index (χ1n) is 6.41. The zero-order valence-electron chi connectivity index (χ0n) is 12.7. The van der Waals surface area contributed by atoms with Crippen LogP contribution >= 0.6 is 0 Å². The summed E-state index contributed by atoms with van der Waals surface area (Å²) in [5.41, 5.74) is -0.446. The highest BCUT2D eigenvalue weighted by molar-refractivity contribution is 7.89. The summed E-state index contributed by atoms with van der Waals surface area (Å²) in [7, 11) is -0.955. The van der Waals surface area contributed by atoms with Crippen molar-refractivity contribution < 1.29 is 23.1 Å². The van der Waals surface area contributed by atoms with E-state index in [1.807, 2.05) is 0 Å². The molecule has 6 nitrogen and oxygen atoms in total. The number of hydrogen-bond acceptors (Lipinski definition) is 5. The number of esters is 1. The first-order valence-corrected chi connectivity index (χ1v) is 7.85. The minimum absolute atomic E-state index is 0.0146. The topological polar surface area (TPSA) is 83.9 Å². The third kappa shape index (κ3) is 5.11. The first-order chi connectivity index (χ1) is 9.56. The number of methoxy groups -OCH3 is 1. The standard InChI is InChI=1S/C14H21NO5S/c1-14(2,17)10-15(3)21(18,19)12-7-5-11(6-8-12)9-13(16)20-4/h5-8,17H,9-10H2,1-4H3. The zero-order valence-corrected chi connectivity index (χ0v) is 13.5. The Labute approximate surface area is 125 Å². The number of aliphatic hydroxyl groups is 1. The van der Waals surface area contributed by atoms with E-state index in [0.29, 0.717) is 5.56 Å². The van der Waals surface area contributed by atoms with Crippen LogP contribution in [0, 0.1) is 0 Å². The Morgan fingerprint density at radius 1 is 1.29 bits per heavy atom. The molecule has 1 aromatic carbocycles. The number of likely N-dealkylation sites (N-methyl/N-ethyl adjacent to an activating group) is 1. The Kier molecular flexibility index (Phi) is 5.49. The molecule has 0 aromatic heterocycles. The monoisotopic (exact) mass is 315 g/mol. The first kappa shape index (κ1) is 17.6. The Morgan fingerprint density at radius 3 is 2.24 bits per heavy atom. The van der Waals surface area contributed by atoms with Gasteiger partial charge in [0.25, 0.3) is 0 Å². The summed E-state index contributed by atoms with van der Waals surface area (Å²) in [5.74, 6) is -0.384. The van der Waals surface area contributed by atoms with Gasteiger partial charge in [0, 0.05) is 13.6 Å². The van der Waals surface area contributed by atoms with Gasteiger partial charge < -0.3 is 9.84 Å². The van der Waals surface area contributed by atoms with Gasteiger partial charge in [-0.1, -0.05) is 12.1 Å². The number of sulfonamides is 1. The van der Waals surface area contributed by atoms with Crippen molar-refractivity contribution in [3.05, 3.63) is 29.8 Å². The number of rotatable bonds is 6. The van der Waals surface area contributed by atoms with Crippen molar-refractivity contribution in [3.63, 3.8) is 0 Å². The van der Waals surface area contributed by atoms with Crippen LogP contribution in [0.15, 0.2) is 29.2 Å². The minimum atomic E-state index is -3.67. The lowest BCUT2D eigenvalue weighted by Gasteiger charge is -2.25. The van der Waals surface area contributed by atoms with Gasteiger partial charge in [0.05, 0.1) is 24.0 Å². The van der Waals surface area contributed by atoms with E-state index in [0.717, 1.165) is 4.31 Å². The molecule has 0 aliphatic rings. The van der Waals surface area contributed by atoms with Crippen LogP contribution in [0.25, 0.3) is 0 Å². The van der Waals surface area contributed by atoms with Crippen LogP contribution in [-0.2, 0) is 26.0 Å². The Hall–Kier alpha value is -1.44. The quantitative estimate of drug-likeness (QED) is 0.785. The molecule has 0 amide bonds. The van der Waals surface area contributed by atoms with Crippen LogP contribution in [0.1, 0.15) is 19.4 Å². The summed E-state index contributed by atoms with van der Waals surface area (Å²) in [4.78, 5) is 11.3. The van der Waals surface area contributed by atoms with Crippen molar-refractivity contribution in [2.24, 2.45) is 0 Å². The molecule has 0 spiro atoms. The van der Waals surface area contributed by atoms with E-state index in [-0.39, 0.29) is 23.8 Å². The maximum Gasteiger partial charge on any atom is 0.309 e. The molecule has 0 saturated heterocycles. The maximum absolute atomic E-state index is 12.3. The lowest BCUT2D eigenvalue weighted by molar-refractivity contribution is -0.139. The fourth-order valence-corrected chi connectivity index (χ4v) is 3.15. The van der Waals surface area contributed by atoms with E-state index in [1.165, 1.54) is 26.3 Å². The molecule has 1 rings (SSSR count). The second-order valence-electron chi connectivity index (χ2n) is 5.47. The van der Waals surface area contributed by atoms with Crippen LogP contribution in [0.4, 0.5) is 0 Å². The van der Waals surface area contributed by atoms with Gasteiger partial charge in [-0.25, -0.2) is 8.42 Å². The van der Waals surface area contributed by atoms with Gasteiger partial charge in [-0.15, -0.1) is 0 Å². The number of ether oxygens (including phenoxy) is 1. The molecule has 0 fully saturated rings. The fraction of sp³-hybridized carbons (Fsp3) is 0.500. The van der Waals surface area contributed by atoms with Gasteiger partial charge in [-0.2, -0.15) is 4.31 Å². The summed E-state index contributed by atoms with van der Waals surface area (Å²) in [5, 5.41) is 9.71. The molecule has 1 N–H and O–H groups in total. The van der Waals surface area contributed by atoms with Crippen molar-refractivity contribution in [1.29, 1.82) is 0 Å². The molecule has 1 aromatic rings. The lowest BCUT2D eigenvalue weighted by Crippen LogP contribution is -2.39. The zero-order chi connectivity index (χ0) is 16.3. The highest BCUT2D eigenvalue weighted by Gasteiger charge is 2.26. The smallest absolute Gasteiger partial charge is 0.309 e. The van der Waals surface area contributed by atoms with Crippen molar-refractivity contribution in [1.82, 2.24) is 4.31 Å². The summed E-state index contributed by atoms with van der Waals surface area (Å²) in [6, 6.07) is 6.02. The van der Waals surface area contributed by atoms with Crippen LogP contribution in [-0.4, -0.2) is 50.1 Å². The van der Waals surface area contributed by atoms with Crippen LogP contribution in [0.2, 0.25) is 0 Å². The highest BCUT2D eigenvalue weighted by atomic mass is 32.2. The van der Waals surface area contributed by atoms with E-state index in [1.54, 1.807) is 26.0 Å². The fourth-order valence-electron chi connectivity index (χ4n) is 1.83. The largest absolute Gasteiger partial charge is 0.469 e. The molecule has 118 valence electrons. The summed E-state index contributed by atoms with van der Waals surface area (Å²) >= 11 is 0. The van der Waals surface area contributed by atoms with Gasteiger partial charge in [0.15, 0.2) is 0 Å². The number of carbonyl (C=O) groups excluding carboxylic acids is 1. The Morgan fingerprint density at radius 2 is 1.81 bits per heavy atom. The number of nitrogens with zero attached hydrogens (tertiary/aromatic N) is 1. The van der Waals surface area contributed by atoms with E-state index in [4.69, 9.17) is 0 Å². The average molecular weight is 315 g/mol. The van der Waals surface area contributed by atoms with Gasteiger partial charge in [-0.3, -0.25) is 4.79 Å². The SMILES string of the molecule is COC(=O)Cc1ccc(S(=O)(=O)N(C)CC(C)(C)O)cc1. The van der Waals surface area contributed by atoms with Crippen molar-refractivity contribution in [2.45, 2.75) is 30.8 Å². The van der Waals surface area contributed by atoms with Gasteiger partial charge >= 0.3 is 5.97 Å². The molecule has 0 aliphatic heterocycles. The van der Waals surface area contributed by atoms with Crippen molar-refractivity contribution >= 4 is 16.0 Å². The molecule has 0 saturated carbocycles. The van der Waals surface area contributed by atoms with Crippen LogP contribution in [0.5, 0.6) is 0 Å². The molecule has 7 heteroatoms. The highest BCUT2D eigenvalue weighted by Crippen LogP contribution is 2.17. The maximum atomic E-state index is 12.3. The molecule has 21 heavy (non-hydrogen) atoms. The summed E-state index contributed by atoms with van der Waals surface area (Å²) < 4.78 is 30.3. The average Bonchev–Trinajstić information content (AvgIpc) is 2.37. The van der Waals surface area contributed by atoms with E-state index < -0.39 is 15.6 Å². The Bertz CT molecular complexity index is 587. The minimum Gasteiger partial charge on any atom is -0.469 e. The molecule has 0 bridgehead atoms. The normalized spacial score (nSPS) is 12.5. The third-order valence-corrected chi connectivity index (χ3v) is 4.63. The number of hydrogen-bond donors (Lipinski definition) is 1. The summed E-state index contributed by atoms with van der Waals surface area (Å²) in [6.45, 7) is 3.07. The number of carbonyl (C=O) groups is 1. The Balaban J connectivity index is 2.92. The van der Waals surface area contributed by atoms with Crippen LogP contribution < -0.4 is 0 Å². The molecular formula is C14H21NO5S. The lowest BCUT2D eigenvalue weighted by atomic mass is 10.1. The third-order valence-electron chi connectivity index (χ3n) is 2.82. The second-order valence-corrected chi connectivity index (χ2v) is 7.52.